The highest BCUT2D eigenvalue weighted by atomic mass is 32.1. The zero-order chi connectivity index (χ0) is 5.11. The summed E-state index contributed by atoms with van der Waals surface area (Å²) >= 11 is 0.352. The van der Waals surface area contributed by atoms with E-state index in [0.29, 0.717) is 16.2 Å². The minimum absolute atomic E-state index is 0.352. The molecule has 0 radical (unpaired) electrons. The summed E-state index contributed by atoms with van der Waals surface area (Å²) in [5.74, 6) is 0. The van der Waals surface area contributed by atoms with Crippen LogP contribution in [0.3, 0.4) is 0 Å². The van der Waals surface area contributed by atoms with Crippen molar-refractivity contribution in [3.05, 3.63) is 12.3 Å². The Kier molecular flexibility index (Phi) is 1.12. The zero-order valence-electron chi connectivity index (χ0n) is 3.37. The fourth-order valence-corrected chi connectivity index (χ4v) is 0.462. The number of nitrogens with zero attached hydrogens (tertiary/aromatic N) is 2. The fourth-order valence-electron chi connectivity index (χ4n) is 0.265. The van der Waals surface area contributed by atoms with Gasteiger partial charge in [-0.3, -0.25) is 0 Å². The van der Waals surface area contributed by atoms with Crippen LogP contribution in [0.25, 0.3) is 0 Å². The number of hydrogen-bond acceptors (Lipinski definition) is 2. The summed E-state index contributed by atoms with van der Waals surface area (Å²) in [4.78, 5) is 0.431. The number of rotatable bonds is 0. The van der Waals surface area contributed by atoms with Crippen LogP contribution in [0.15, 0.2) is 22.5 Å². The van der Waals surface area contributed by atoms with Crippen LogP contribution in [0.4, 0.5) is 0 Å². The summed E-state index contributed by atoms with van der Waals surface area (Å²) in [5, 5.41) is 6.86. The van der Waals surface area contributed by atoms with Gasteiger partial charge in [0.25, 0.3) is 0 Å². The van der Waals surface area contributed by atoms with Gasteiger partial charge in [0.15, 0.2) is 4.99 Å². The molecule has 1 rings (SSSR count). The van der Waals surface area contributed by atoms with Gasteiger partial charge < -0.3 is 0 Å². The zero-order valence-corrected chi connectivity index (χ0v) is 4.18. The van der Waals surface area contributed by atoms with Crippen molar-refractivity contribution in [2.24, 2.45) is 10.2 Å². The fraction of sp³-hybridized carbons (Fsp3) is 0. The quantitative estimate of drug-likeness (QED) is 0.418. The summed E-state index contributed by atoms with van der Waals surface area (Å²) in [6.45, 7) is 0. The summed E-state index contributed by atoms with van der Waals surface area (Å²) < 4.78 is 9.81. The lowest BCUT2D eigenvalue weighted by molar-refractivity contribution is 0.701. The first-order valence-electron chi connectivity index (χ1n) is 1.67. The molecule has 0 unspecified atom stereocenters. The molecule has 0 aliphatic carbocycles. The van der Waals surface area contributed by atoms with Crippen molar-refractivity contribution in [2.75, 3.05) is 0 Å². The third kappa shape index (κ3) is 0.806. The SMILES string of the molecule is O=S=C1C=CN=N1. The van der Waals surface area contributed by atoms with E-state index in [0.717, 1.165) is 0 Å². The van der Waals surface area contributed by atoms with Crippen molar-refractivity contribution >= 4 is 16.2 Å². The Morgan fingerprint density at radius 1 is 1.71 bits per heavy atom. The van der Waals surface area contributed by atoms with Gasteiger partial charge in [-0.05, 0) is 6.08 Å². The lowest BCUT2D eigenvalue weighted by Crippen LogP contribution is -1.76. The first-order chi connectivity index (χ1) is 3.43. The second-order valence-electron chi connectivity index (χ2n) is 0.953. The second kappa shape index (κ2) is 1.79. The Balaban J connectivity index is 3.00. The Hall–Kier alpha value is -0.770. The molecule has 0 amide bonds. The third-order valence-electron chi connectivity index (χ3n) is 0.525. The Morgan fingerprint density at radius 3 is 2.86 bits per heavy atom. The average Bonchev–Trinajstić information content (AvgIpc) is 2.14. The number of azo groups is 1. The van der Waals surface area contributed by atoms with Gasteiger partial charge in [-0.2, -0.15) is 5.11 Å². The molecule has 0 saturated heterocycles. The average molecular weight is 114 g/mol. The predicted molar refractivity (Wildman–Crippen MR) is 27.1 cm³/mol. The molecule has 0 aromatic heterocycles. The molecule has 1 aliphatic rings. The lowest BCUT2D eigenvalue weighted by atomic mass is 10.6. The molecule has 0 spiro atoms. The molecule has 0 aromatic rings. The molecule has 0 fully saturated rings. The highest BCUT2D eigenvalue weighted by Gasteiger charge is 1.90. The van der Waals surface area contributed by atoms with Gasteiger partial charge in [0.2, 0.25) is 0 Å². The maximum atomic E-state index is 9.81. The molecule has 4 heteroatoms. The molecule has 0 saturated carbocycles. The minimum atomic E-state index is 0.352. The maximum Gasteiger partial charge on any atom is 0.180 e. The molecule has 3 nitrogen and oxygen atoms in total. The number of hydrogen-bond donors (Lipinski definition) is 0. The molecule has 1 aliphatic heterocycles. The summed E-state index contributed by atoms with van der Waals surface area (Å²) in [7, 11) is 0. The van der Waals surface area contributed by atoms with Crippen LogP contribution in [0.5, 0.6) is 0 Å². The monoisotopic (exact) mass is 114 g/mol. The molecular formula is C3H2N2OS. The largest absolute Gasteiger partial charge is 0.210 e. The van der Waals surface area contributed by atoms with E-state index in [4.69, 9.17) is 0 Å². The van der Waals surface area contributed by atoms with Gasteiger partial charge >= 0.3 is 0 Å². The first kappa shape index (κ1) is 4.39. The molecule has 1 heterocycles. The van der Waals surface area contributed by atoms with E-state index >= 15 is 0 Å². The molecule has 0 atom stereocenters. The van der Waals surface area contributed by atoms with E-state index in [1.54, 1.807) is 6.08 Å². The standard InChI is InChI=1S/C3H2N2OS/c6-7-3-1-2-4-5-3/h1-2H. The summed E-state index contributed by atoms with van der Waals surface area (Å²) in [6.07, 6.45) is 3.05. The highest BCUT2D eigenvalue weighted by Crippen LogP contribution is 1.91. The van der Waals surface area contributed by atoms with E-state index in [-0.39, 0.29) is 0 Å². The van der Waals surface area contributed by atoms with Gasteiger partial charge in [-0.1, -0.05) is 0 Å². The Morgan fingerprint density at radius 2 is 2.57 bits per heavy atom. The van der Waals surface area contributed by atoms with Crippen molar-refractivity contribution in [1.29, 1.82) is 0 Å². The van der Waals surface area contributed by atoms with Crippen molar-refractivity contribution in [3.8, 4) is 0 Å². The molecule has 0 aromatic carbocycles. The van der Waals surface area contributed by atoms with Crippen molar-refractivity contribution in [3.63, 3.8) is 0 Å². The van der Waals surface area contributed by atoms with Gasteiger partial charge in [0.1, 0.15) is 11.3 Å². The lowest BCUT2D eigenvalue weighted by Gasteiger charge is -1.64. The van der Waals surface area contributed by atoms with Crippen molar-refractivity contribution < 1.29 is 4.21 Å². The van der Waals surface area contributed by atoms with Crippen molar-refractivity contribution in [1.82, 2.24) is 0 Å². The summed E-state index contributed by atoms with van der Waals surface area (Å²) in [5.41, 5.74) is 0. The molecule has 7 heavy (non-hydrogen) atoms. The minimum Gasteiger partial charge on any atom is -0.210 e. The molecule has 0 N–H and O–H groups in total. The maximum absolute atomic E-state index is 9.81. The van der Waals surface area contributed by atoms with Gasteiger partial charge in [-0.25, -0.2) is 4.21 Å². The second-order valence-corrected chi connectivity index (χ2v) is 1.54. The van der Waals surface area contributed by atoms with Crippen molar-refractivity contribution in [2.45, 2.75) is 0 Å². The van der Waals surface area contributed by atoms with E-state index in [9.17, 15) is 4.21 Å². The van der Waals surface area contributed by atoms with Crippen LogP contribution in [0, 0.1) is 0 Å². The smallest absolute Gasteiger partial charge is 0.180 e. The Bertz CT molecular complexity index is 163. The Labute approximate surface area is 43.8 Å². The van der Waals surface area contributed by atoms with Crippen LogP contribution in [0.2, 0.25) is 0 Å². The van der Waals surface area contributed by atoms with Gasteiger partial charge in [0, 0.05) is 0 Å². The van der Waals surface area contributed by atoms with Crippen LogP contribution in [0.1, 0.15) is 0 Å². The van der Waals surface area contributed by atoms with Gasteiger partial charge in [0.05, 0.1) is 6.20 Å². The van der Waals surface area contributed by atoms with E-state index in [2.05, 4.69) is 10.2 Å². The highest BCUT2D eigenvalue weighted by molar-refractivity contribution is 7.66. The van der Waals surface area contributed by atoms with Crippen LogP contribution >= 0.6 is 0 Å². The summed E-state index contributed by atoms with van der Waals surface area (Å²) in [6, 6.07) is 0. The molecule has 0 bridgehead atoms. The topological polar surface area (TPSA) is 41.8 Å². The van der Waals surface area contributed by atoms with E-state index in [1.807, 2.05) is 0 Å². The molecular weight excluding hydrogens is 112 g/mol. The van der Waals surface area contributed by atoms with E-state index < -0.39 is 0 Å². The first-order valence-corrected chi connectivity index (χ1v) is 2.42. The normalized spacial score (nSPS) is 15.7. The van der Waals surface area contributed by atoms with E-state index in [1.165, 1.54) is 6.20 Å². The van der Waals surface area contributed by atoms with Crippen LogP contribution in [-0.2, 0) is 11.3 Å². The van der Waals surface area contributed by atoms with Gasteiger partial charge in [-0.15, -0.1) is 5.11 Å². The third-order valence-corrected chi connectivity index (χ3v) is 0.914. The van der Waals surface area contributed by atoms with Crippen LogP contribution < -0.4 is 0 Å². The predicted octanol–water partition coefficient (Wildman–Crippen LogP) is 0.309. The molecule has 36 valence electrons. The van der Waals surface area contributed by atoms with Crippen LogP contribution in [-0.4, -0.2) is 9.20 Å².